The van der Waals surface area contributed by atoms with Gasteiger partial charge in [0, 0.05) is 44.0 Å². The average Bonchev–Trinajstić information content (AvgIpc) is 2.93. The van der Waals surface area contributed by atoms with Crippen molar-refractivity contribution in [1.29, 1.82) is 0 Å². The molecule has 0 spiro atoms. The fourth-order valence-corrected chi connectivity index (χ4v) is 2.74. The van der Waals surface area contributed by atoms with E-state index in [1.807, 2.05) is 31.2 Å². The van der Waals surface area contributed by atoms with Gasteiger partial charge >= 0.3 is 0 Å². The Bertz CT molecular complexity index is 643. The number of benzene rings is 1. The molecule has 0 atom stereocenters. The highest BCUT2D eigenvalue weighted by molar-refractivity contribution is 5.51. The number of rotatable bonds is 4. The van der Waals surface area contributed by atoms with Crippen molar-refractivity contribution < 1.29 is 9.34 Å². The second-order valence-corrected chi connectivity index (χ2v) is 5.55. The molecule has 0 unspecified atom stereocenters. The summed E-state index contributed by atoms with van der Waals surface area (Å²) in [5, 5.41) is 10.7. The SMILES string of the molecule is Cc1ccc(CN2CCN(c3ccc([N+](=O)[O-])cc3)CC2)o1. The number of non-ortho nitro benzene ring substituents is 1. The Morgan fingerprint density at radius 1 is 1.09 bits per heavy atom. The number of anilines is 1. The second kappa shape index (κ2) is 6.19. The molecule has 2 heterocycles. The number of furan rings is 1. The van der Waals surface area contributed by atoms with Gasteiger partial charge in [-0.05, 0) is 31.2 Å². The van der Waals surface area contributed by atoms with Crippen LogP contribution < -0.4 is 4.90 Å². The van der Waals surface area contributed by atoms with Crippen LogP contribution in [0.5, 0.6) is 0 Å². The van der Waals surface area contributed by atoms with Gasteiger partial charge in [-0.2, -0.15) is 0 Å². The predicted molar refractivity (Wildman–Crippen MR) is 84.0 cm³/mol. The number of nitro benzene ring substituents is 1. The van der Waals surface area contributed by atoms with E-state index in [4.69, 9.17) is 4.42 Å². The number of aryl methyl sites for hydroxylation is 1. The Morgan fingerprint density at radius 2 is 1.77 bits per heavy atom. The molecular weight excluding hydrogens is 282 g/mol. The molecule has 1 aromatic carbocycles. The summed E-state index contributed by atoms with van der Waals surface area (Å²) in [4.78, 5) is 14.9. The number of piperazine rings is 1. The monoisotopic (exact) mass is 301 g/mol. The predicted octanol–water partition coefficient (Wildman–Crippen LogP) is 2.82. The Balaban J connectivity index is 1.56. The number of nitro groups is 1. The van der Waals surface area contributed by atoms with Crippen molar-refractivity contribution in [2.24, 2.45) is 0 Å². The molecule has 1 fully saturated rings. The molecule has 1 aliphatic heterocycles. The summed E-state index contributed by atoms with van der Waals surface area (Å²) in [7, 11) is 0. The lowest BCUT2D eigenvalue weighted by Gasteiger charge is -2.35. The van der Waals surface area contributed by atoms with Crippen LogP contribution in [0, 0.1) is 17.0 Å². The fourth-order valence-electron chi connectivity index (χ4n) is 2.74. The summed E-state index contributed by atoms with van der Waals surface area (Å²) >= 11 is 0. The van der Waals surface area contributed by atoms with Gasteiger partial charge < -0.3 is 9.32 Å². The molecular formula is C16H19N3O3. The molecule has 0 radical (unpaired) electrons. The van der Waals surface area contributed by atoms with Crippen LogP contribution in [0.4, 0.5) is 11.4 Å². The Morgan fingerprint density at radius 3 is 2.32 bits per heavy atom. The van der Waals surface area contributed by atoms with Crippen molar-refractivity contribution in [3.8, 4) is 0 Å². The molecule has 22 heavy (non-hydrogen) atoms. The van der Waals surface area contributed by atoms with Crippen molar-refractivity contribution in [2.45, 2.75) is 13.5 Å². The van der Waals surface area contributed by atoms with E-state index < -0.39 is 0 Å². The molecule has 0 aliphatic carbocycles. The zero-order chi connectivity index (χ0) is 15.5. The minimum Gasteiger partial charge on any atom is -0.465 e. The number of hydrogen-bond acceptors (Lipinski definition) is 5. The minimum absolute atomic E-state index is 0.135. The molecule has 0 amide bonds. The van der Waals surface area contributed by atoms with Gasteiger partial charge in [0.2, 0.25) is 0 Å². The maximum Gasteiger partial charge on any atom is 0.269 e. The van der Waals surface area contributed by atoms with E-state index in [1.165, 1.54) is 0 Å². The summed E-state index contributed by atoms with van der Waals surface area (Å²) < 4.78 is 5.61. The third-order valence-electron chi connectivity index (χ3n) is 3.97. The van der Waals surface area contributed by atoms with E-state index in [0.29, 0.717) is 0 Å². The van der Waals surface area contributed by atoms with Crippen molar-refractivity contribution in [2.75, 3.05) is 31.1 Å². The van der Waals surface area contributed by atoms with Gasteiger partial charge in [-0.15, -0.1) is 0 Å². The molecule has 116 valence electrons. The molecule has 2 aromatic rings. The van der Waals surface area contributed by atoms with Crippen LogP contribution in [-0.2, 0) is 6.54 Å². The lowest BCUT2D eigenvalue weighted by Crippen LogP contribution is -2.45. The van der Waals surface area contributed by atoms with E-state index in [2.05, 4.69) is 9.80 Å². The Labute approximate surface area is 129 Å². The molecule has 1 aliphatic rings. The third-order valence-corrected chi connectivity index (χ3v) is 3.97. The van der Waals surface area contributed by atoms with Gasteiger partial charge in [0.05, 0.1) is 11.5 Å². The molecule has 0 saturated carbocycles. The van der Waals surface area contributed by atoms with Crippen LogP contribution in [0.3, 0.4) is 0 Å². The molecule has 6 nitrogen and oxygen atoms in total. The van der Waals surface area contributed by atoms with Crippen LogP contribution in [0.25, 0.3) is 0 Å². The van der Waals surface area contributed by atoms with Gasteiger partial charge in [-0.1, -0.05) is 0 Å². The van der Waals surface area contributed by atoms with Gasteiger partial charge in [0.15, 0.2) is 0 Å². The lowest BCUT2D eigenvalue weighted by molar-refractivity contribution is -0.384. The van der Waals surface area contributed by atoms with Gasteiger partial charge in [-0.3, -0.25) is 15.0 Å². The highest BCUT2D eigenvalue weighted by atomic mass is 16.6. The first kappa shape index (κ1) is 14.6. The Hall–Kier alpha value is -2.34. The minimum atomic E-state index is -0.368. The molecule has 3 rings (SSSR count). The third kappa shape index (κ3) is 3.28. The number of hydrogen-bond donors (Lipinski definition) is 0. The van der Waals surface area contributed by atoms with E-state index in [0.717, 1.165) is 49.9 Å². The van der Waals surface area contributed by atoms with Gasteiger partial charge in [0.25, 0.3) is 5.69 Å². The topological polar surface area (TPSA) is 62.8 Å². The maximum absolute atomic E-state index is 10.7. The van der Waals surface area contributed by atoms with Crippen LogP contribution in [-0.4, -0.2) is 36.0 Å². The van der Waals surface area contributed by atoms with Gasteiger partial charge in [-0.25, -0.2) is 0 Å². The van der Waals surface area contributed by atoms with Crippen LogP contribution in [0.2, 0.25) is 0 Å². The second-order valence-electron chi connectivity index (χ2n) is 5.55. The zero-order valence-corrected chi connectivity index (χ0v) is 12.6. The first-order chi connectivity index (χ1) is 10.6. The molecule has 1 aromatic heterocycles. The summed E-state index contributed by atoms with van der Waals surface area (Å²) in [6.07, 6.45) is 0. The van der Waals surface area contributed by atoms with Gasteiger partial charge in [0.1, 0.15) is 11.5 Å². The van der Waals surface area contributed by atoms with Crippen LogP contribution in [0.15, 0.2) is 40.8 Å². The number of nitrogens with zero attached hydrogens (tertiary/aromatic N) is 3. The highest BCUT2D eigenvalue weighted by Gasteiger charge is 2.18. The smallest absolute Gasteiger partial charge is 0.269 e. The van der Waals surface area contributed by atoms with Crippen molar-refractivity contribution in [3.63, 3.8) is 0 Å². The van der Waals surface area contributed by atoms with Crippen molar-refractivity contribution in [1.82, 2.24) is 4.90 Å². The standard InChI is InChI=1S/C16H19N3O3/c1-13-2-7-16(22-13)12-17-8-10-18(11-9-17)14-3-5-15(6-4-14)19(20)21/h2-7H,8-12H2,1H3. The average molecular weight is 301 g/mol. The molecule has 6 heteroatoms. The molecule has 0 bridgehead atoms. The van der Waals surface area contributed by atoms with E-state index in [-0.39, 0.29) is 10.6 Å². The molecule has 0 N–H and O–H groups in total. The highest BCUT2D eigenvalue weighted by Crippen LogP contribution is 2.21. The summed E-state index contributed by atoms with van der Waals surface area (Å²) in [5.74, 6) is 1.95. The Kier molecular flexibility index (Phi) is 4.11. The van der Waals surface area contributed by atoms with Crippen LogP contribution in [0.1, 0.15) is 11.5 Å². The zero-order valence-electron chi connectivity index (χ0n) is 12.6. The largest absolute Gasteiger partial charge is 0.465 e. The van der Waals surface area contributed by atoms with Crippen molar-refractivity contribution in [3.05, 3.63) is 58.0 Å². The first-order valence-corrected chi connectivity index (χ1v) is 7.39. The van der Waals surface area contributed by atoms with Crippen LogP contribution >= 0.6 is 0 Å². The van der Waals surface area contributed by atoms with E-state index in [1.54, 1.807) is 12.1 Å². The lowest BCUT2D eigenvalue weighted by atomic mass is 10.2. The van der Waals surface area contributed by atoms with E-state index >= 15 is 0 Å². The first-order valence-electron chi connectivity index (χ1n) is 7.39. The normalized spacial score (nSPS) is 16.0. The molecule has 1 saturated heterocycles. The summed E-state index contributed by atoms with van der Waals surface area (Å²) in [6, 6.07) is 10.8. The summed E-state index contributed by atoms with van der Waals surface area (Å²) in [5.41, 5.74) is 1.18. The van der Waals surface area contributed by atoms with E-state index in [9.17, 15) is 10.1 Å². The summed E-state index contributed by atoms with van der Waals surface area (Å²) in [6.45, 7) is 6.53. The van der Waals surface area contributed by atoms with Crippen molar-refractivity contribution >= 4 is 11.4 Å². The maximum atomic E-state index is 10.7. The fraction of sp³-hybridized carbons (Fsp3) is 0.375. The quantitative estimate of drug-likeness (QED) is 0.642.